The summed E-state index contributed by atoms with van der Waals surface area (Å²) >= 11 is 0. The van der Waals surface area contributed by atoms with Gasteiger partial charge in [-0.3, -0.25) is 14.9 Å². The number of hydrogen-bond acceptors (Lipinski definition) is 3. The van der Waals surface area contributed by atoms with Crippen molar-refractivity contribution in [1.82, 2.24) is 5.32 Å². The standard InChI is InChI=1S/C8H14N2O3/c1-6(2)7(11)9-5-8(3,4)10(12)13/h1,5H2,2-4H3,(H,9,11). The molecule has 0 atom stereocenters. The predicted molar refractivity (Wildman–Crippen MR) is 48.9 cm³/mol. The first-order chi connectivity index (χ1) is 5.77. The molecule has 0 aromatic heterocycles. The SMILES string of the molecule is C=C(C)C(=O)NCC(C)(C)[N+](=O)[O-]. The van der Waals surface area contributed by atoms with Crippen molar-refractivity contribution < 1.29 is 9.72 Å². The van der Waals surface area contributed by atoms with Crippen molar-refractivity contribution >= 4 is 5.91 Å². The van der Waals surface area contributed by atoms with Crippen molar-refractivity contribution in [3.8, 4) is 0 Å². The molecule has 0 heterocycles. The van der Waals surface area contributed by atoms with Crippen molar-refractivity contribution in [1.29, 1.82) is 0 Å². The van der Waals surface area contributed by atoms with E-state index in [4.69, 9.17) is 0 Å². The Labute approximate surface area is 77.0 Å². The minimum atomic E-state index is -1.13. The molecule has 0 rings (SSSR count). The summed E-state index contributed by atoms with van der Waals surface area (Å²) in [5.41, 5.74) is -0.787. The molecule has 0 saturated heterocycles. The highest BCUT2D eigenvalue weighted by molar-refractivity contribution is 5.92. The molecular weight excluding hydrogens is 172 g/mol. The van der Waals surface area contributed by atoms with E-state index in [2.05, 4.69) is 11.9 Å². The Kier molecular flexibility index (Phi) is 3.59. The Bertz CT molecular complexity index is 246. The van der Waals surface area contributed by atoms with Crippen LogP contribution in [0.1, 0.15) is 20.8 Å². The van der Waals surface area contributed by atoms with Gasteiger partial charge < -0.3 is 5.32 Å². The summed E-state index contributed by atoms with van der Waals surface area (Å²) in [5, 5.41) is 12.9. The zero-order chi connectivity index (χ0) is 10.6. The van der Waals surface area contributed by atoms with Crippen LogP contribution in [0.2, 0.25) is 0 Å². The average Bonchev–Trinajstić information content (AvgIpc) is 1.99. The first kappa shape index (κ1) is 11.6. The molecule has 0 aliphatic heterocycles. The molecule has 0 aromatic carbocycles. The maximum absolute atomic E-state index is 11.0. The van der Waals surface area contributed by atoms with Crippen LogP contribution in [0.3, 0.4) is 0 Å². The third kappa shape index (κ3) is 3.68. The highest BCUT2D eigenvalue weighted by atomic mass is 16.6. The lowest BCUT2D eigenvalue weighted by molar-refractivity contribution is -0.557. The number of rotatable bonds is 4. The lowest BCUT2D eigenvalue weighted by Gasteiger charge is -2.15. The molecule has 0 fully saturated rings. The summed E-state index contributed by atoms with van der Waals surface area (Å²) in [6.07, 6.45) is 0. The number of amides is 1. The number of nitrogens with zero attached hydrogens (tertiary/aromatic N) is 1. The van der Waals surface area contributed by atoms with Gasteiger partial charge in [0.05, 0.1) is 6.54 Å². The van der Waals surface area contributed by atoms with Gasteiger partial charge in [0.15, 0.2) is 0 Å². The second-order valence-electron chi connectivity index (χ2n) is 3.53. The van der Waals surface area contributed by atoms with Gasteiger partial charge in [-0.25, -0.2) is 0 Å². The van der Waals surface area contributed by atoms with E-state index in [9.17, 15) is 14.9 Å². The van der Waals surface area contributed by atoms with E-state index in [1.54, 1.807) is 6.92 Å². The second kappa shape index (κ2) is 4.02. The highest BCUT2D eigenvalue weighted by Crippen LogP contribution is 2.05. The second-order valence-corrected chi connectivity index (χ2v) is 3.53. The van der Waals surface area contributed by atoms with Crippen LogP contribution in [-0.4, -0.2) is 22.9 Å². The molecule has 0 saturated carbocycles. The van der Waals surface area contributed by atoms with E-state index in [1.807, 2.05) is 0 Å². The monoisotopic (exact) mass is 186 g/mol. The van der Waals surface area contributed by atoms with Crippen molar-refractivity contribution in [2.24, 2.45) is 0 Å². The molecule has 0 unspecified atom stereocenters. The van der Waals surface area contributed by atoms with Gasteiger partial charge in [-0.2, -0.15) is 0 Å². The van der Waals surface area contributed by atoms with E-state index in [-0.39, 0.29) is 12.5 Å². The van der Waals surface area contributed by atoms with Gasteiger partial charge in [-0.15, -0.1) is 0 Å². The van der Waals surface area contributed by atoms with E-state index in [0.29, 0.717) is 5.57 Å². The largest absolute Gasteiger partial charge is 0.345 e. The van der Waals surface area contributed by atoms with Crippen molar-refractivity contribution in [3.05, 3.63) is 22.3 Å². The Balaban J connectivity index is 4.10. The van der Waals surface area contributed by atoms with E-state index < -0.39 is 10.5 Å². The van der Waals surface area contributed by atoms with Crippen LogP contribution in [-0.2, 0) is 4.79 Å². The van der Waals surface area contributed by atoms with Gasteiger partial charge in [-0.1, -0.05) is 6.58 Å². The van der Waals surface area contributed by atoms with Crippen LogP contribution >= 0.6 is 0 Å². The number of carbonyl (C=O) groups excluding carboxylic acids is 1. The quantitative estimate of drug-likeness (QED) is 0.399. The maximum atomic E-state index is 11.0. The average molecular weight is 186 g/mol. The molecule has 5 nitrogen and oxygen atoms in total. The zero-order valence-corrected chi connectivity index (χ0v) is 8.09. The molecule has 5 heteroatoms. The van der Waals surface area contributed by atoms with Crippen LogP contribution in [0, 0.1) is 10.1 Å². The summed E-state index contributed by atoms with van der Waals surface area (Å²) < 4.78 is 0. The van der Waals surface area contributed by atoms with Crippen LogP contribution in [0.15, 0.2) is 12.2 Å². The molecule has 0 aliphatic carbocycles. The van der Waals surface area contributed by atoms with Gasteiger partial charge in [-0.05, 0) is 6.92 Å². The third-order valence-electron chi connectivity index (χ3n) is 1.56. The van der Waals surface area contributed by atoms with Crippen molar-refractivity contribution in [2.75, 3.05) is 6.54 Å². The summed E-state index contributed by atoms with van der Waals surface area (Å²) in [5.74, 6) is -0.352. The van der Waals surface area contributed by atoms with Crippen LogP contribution in [0.4, 0.5) is 0 Å². The predicted octanol–water partition coefficient (Wildman–Crippen LogP) is 0.734. The Morgan fingerprint density at radius 1 is 1.62 bits per heavy atom. The van der Waals surface area contributed by atoms with E-state index >= 15 is 0 Å². The molecule has 1 amide bonds. The molecule has 0 aliphatic rings. The fourth-order valence-corrected chi connectivity index (χ4v) is 0.512. The molecule has 1 N–H and O–H groups in total. The number of carbonyl (C=O) groups is 1. The lowest BCUT2D eigenvalue weighted by Crippen LogP contribution is -2.44. The summed E-state index contributed by atoms with van der Waals surface area (Å²) in [6.45, 7) is 7.87. The Hall–Kier alpha value is -1.39. The first-order valence-corrected chi connectivity index (χ1v) is 3.85. The van der Waals surface area contributed by atoms with Crippen molar-refractivity contribution in [2.45, 2.75) is 26.3 Å². The molecular formula is C8H14N2O3. The third-order valence-corrected chi connectivity index (χ3v) is 1.56. The van der Waals surface area contributed by atoms with Gasteiger partial charge in [0.25, 0.3) is 0 Å². The molecule has 0 spiro atoms. The fraction of sp³-hybridized carbons (Fsp3) is 0.625. The van der Waals surface area contributed by atoms with Crippen LogP contribution in [0.5, 0.6) is 0 Å². The van der Waals surface area contributed by atoms with Gasteiger partial charge in [0.1, 0.15) is 0 Å². The van der Waals surface area contributed by atoms with Crippen molar-refractivity contribution in [3.63, 3.8) is 0 Å². The number of nitrogens with one attached hydrogen (secondary N) is 1. The number of nitro groups is 1. The fourth-order valence-electron chi connectivity index (χ4n) is 0.512. The molecule has 0 radical (unpaired) electrons. The molecule has 13 heavy (non-hydrogen) atoms. The Morgan fingerprint density at radius 3 is 2.38 bits per heavy atom. The smallest absolute Gasteiger partial charge is 0.246 e. The zero-order valence-electron chi connectivity index (χ0n) is 8.09. The maximum Gasteiger partial charge on any atom is 0.246 e. The minimum Gasteiger partial charge on any atom is -0.345 e. The van der Waals surface area contributed by atoms with Gasteiger partial charge >= 0.3 is 0 Å². The Morgan fingerprint density at radius 2 is 2.08 bits per heavy atom. The van der Waals surface area contributed by atoms with Gasteiger partial charge in [0.2, 0.25) is 11.4 Å². The lowest BCUT2D eigenvalue weighted by atomic mass is 10.1. The highest BCUT2D eigenvalue weighted by Gasteiger charge is 2.30. The van der Waals surface area contributed by atoms with Gasteiger partial charge in [0, 0.05) is 24.3 Å². The minimum absolute atomic E-state index is 0.00565. The summed E-state index contributed by atoms with van der Waals surface area (Å²) in [4.78, 5) is 21.0. The summed E-state index contributed by atoms with van der Waals surface area (Å²) in [6, 6.07) is 0. The number of hydrogen-bond donors (Lipinski definition) is 1. The topological polar surface area (TPSA) is 72.2 Å². The van der Waals surface area contributed by atoms with Crippen LogP contribution in [0.25, 0.3) is 0 Å². The van der Waals surface area contributed by atoms with Crippen LogP contribution < -0.4 is 5.32 Å². The molecule has 74 valence electrons. The van der Waals surface area contributed by atoms with E-state index in [1.165, 1.54) is 13.8 Å². The molecule has 0 bridgehead atoms. The normalized spacial score (nSPS) is 10.7. The summed E-state index contributed by atoms with van der Waals surface area (Å²) in [7, 11) is 0. The first-order valence-electron chi connectivity index (χ1n) is 3.85. The van der Waals surface area contributed by atoms with E-state index in [0.717, 1.165) is 0 Å². The molecule has 0 aromatic rings.